The van der Waals surface area contributed by atoms with Crippen LogP contribution in [0.15, 0.2) is 24.3 Å². The number of ether oxygens (including phenoxy) is 3. The summed E-state index contributed by atoms with van der Waals surface area (Å²) in [6, 6.07) is 6.86. The molecule has 0 bridgehead atoms. The lowest BCUT2D eigenvalue weighted by molar-refractivity contribution is -0.146. The van der Waals surface area contributed by atoms with E-state index in [4.69, 9.17) is 16.3 Å². The molecule has 0 radical (unpaired) electrons. The lowest BCUT2D eigenvalue weighted by Crippen LogP contribution is -2.30. The van der Waals surface area contributed by atoms with Crippen LogP contribution in [-0.2, 0) is 14.3 Å². The number of nitrogens with one attached hydrogen (secondary N) is 1. The van der Waals surface area contributed by atoms with Crippen LogP contribution < -0.4 is 10.1 Å². The van der Waals surface area contributed by atoms with Crippen molar-refractivity contribution in [2.45, 2.75) is 6.92 Å². The van der Waals surface area contributed by atoms with Gasteiger partial charge in [0.25, 0.3) is 0 Å². The van der Waals surface area contributed by atoms with Crippen molar-refractivity contribution in [1.29, 1.82) is 0 Å². The first-order valence-electron chi connectivity index (χ1n) is 6.06. The zero-order chi connectivity index (χ0) is 14.8. The van der Waals surface area contributed by atoms with E-state index in [1.165, 1.54) is 0 Å². The molecule has 0 aliphatic carbocycles. The van der Waals surface area contributed by atoms with Gasteiger partial charge in [-0.2, -0.15) is 0 Å². The fraction of sp³-hybridized carbons (Fsp3) is 0.385. The van der Waals surface area contributed by atoms with Crippen LogP contribution in [0.25, 0.3) is 0 Å². The minimum absolute atomic E-state index is 0.249. The number of esters is 1. The summed E-state index contributed by atoms with van der Waals surface area (Å²) in [5.41, 5.74) is 0. The first-order chi connectivity index (χ1) is 9.61. The van der Waals surface area contributed by atoms with Gasteiger partial charge in [0.15, 0.2) is 6.61 Å². The van der Waals surface area contributed by atoms with Crippen molar-refractivity contribution in [1.82, 2.24) is 5.32 Å². The summed E-state index contributed by atoms with van der Waals surface area (Å²) < 4.78 is 14.6. The summed E-state index contributed by atoms with van der Waals surface area (Å²) >= 11 is 5.73. The van der Waals surface area contributed by atoms with Crippen molar-refractivity contribution >= 4 is 23.7 Å². The van der Waals surface area contributed by atoms with E-state index in [9.17, 15) is 9.59 Å². The lowest BCUT2D eigenvalue weighted by atomic mass is 10.3. The molecule has 0 saturated heterocycles. The third-order valence-electron chi connectivity index (χ3n) is 2.08. The Hall–Kier alpha value is -1.95. The Morgan fingerprint density at radius 3 is 2.55 bits per heavy atom. The van der Waals surface area contributed by atoms with E-state index in [1.807, 2.05) is 0 Å². The van der Waals surface area contributed by atoms with E-state index in [0.29, 0.717) is 10.8 Å². The number of carbonyl (C=O) groups is 2. The van der Waals surface area contributed by atoms with Gasteiger partial charge < -0.3 is 19.5 Å². The fourth-order valence-corrected chi connectivity index (χ4v) is 1.36. The van der Waals surface area contributed by atoms with Crippen LogP contribution in [0.2, 0.25) is 5.02 Å². The summed E-state index contributed by atoms with van der Waals surface area (Å²) in [5.74, 6) is 0.0659. The molecular formula is C13H16ClNO5. The smallest absolute Gasteiger partial charge is 0.407 e. The van der Waals surface area contributed by atoms with Gasteiger partial charge in [0, 0.05) is 5.02 Å². The number of halogens is 1. The summed E-state index contributed by atoms with van der Waals surface area (Å²) in [5, 5.41) is 3.06. The van der Waals surface area contributed by atoms with Crippen molar-refractivity contribution in [2.24, 2.45) is 0 Å². The highest BCUT2D eigenvalue weighted by Crippen LogP contribution is 2.14. The molecule has 0 fully saturated rings. The average Bonchev–Trinajstić information content (AvgIpc) is 2.43. The summed E-state index contributed by atoms with van der Waals surface area (Å²) in [4.78, 5) is 22.1. The highest BCUT2D eigenvalue weighted by Gasteiger charge is 2.06. The highest BCUT2D eigenvalue weighted by atomic mass is 35.5. The first kappa shape index (κ1) is 16.1. The number of benzene rings is 1. The number of carbonyl (C=O) groups excluding carboxylic acids is 2. The maximum atomic E-state index is 11.2. The van der Waals surface area contributed by atoms with E-state index in [-0.39, 0.29) is 19.8 Å². The van der Waals surface area contributed by atoms with Gasteiger partial charge in [-0.3, -0.25) is 0 Å². The van der Waals surface area contributed by atoms with Crippen molar-refractivity contribution in [2.75, 3.05) is 26.4 Å². The van der Waals surface area contributed by atoms with Crippen LogP contribution in [0.5, 0.6) is 5.75 Å². The van der Waals surface area contributed by atoms with Crippen molar-refractivity contribution in [3.05, 3.63) is 29.3 Å². The number of hydrogen-bond donors (Lipinski definition) is 1. The standard InChI is InChI=1S/C13H16ClNO5/c1-2-18-12(16)9-20-13(17)15-7-8-19-11-5-3-10(14)4-6-11/h3-6H,2,7-9H2,1H3,(H,15,17). The van der Waals surface area contributed by atoms with Gasteiger partial charge in [0.1, 0.15) is 12.4 Å². The molecule has 0 aliphatic heterocycles. The van der Waals surface area contributed by atoms with Gasteiger partial charge in [-0.25, -0.2) is 9.59 Å². The molecule has 20 heavy (non-hydrogen) atoms. The minimum atomic E-state index is -0.697. The quantitative estimate of drug-likeness (QED) is 0.616. The Kier molecular flexibility index (Phi) is 7.27. The molecule has 0 spiro atoms. The molecule has 0 heterocycles. The summed E-state index contributed by atoms with van der Waals surface area (Å²) in [6.45, 7) is 2.04. The predicted octanol–water partition coefficient (Wildman–Crippen LogP) is 2.01. The van der Waals surface area contributed by atoms with Gasteiger partial charge >= 0.3 is 12.1 Å². The SMILES string of the molecule is CCOC(=O)COC(=O)NCCOc1ccc(Cl)cc1. The van der Waals surface area contributed by atoms with Gasteiger partial charge in [0.05, 0.1) is 13.2 Å². The van der Waals surface area contributed by atoms with Gasteiger partial charge in [-0.1, -0.05) is 11.6 Å². The van der Waals surface area contributed by atoms with Crippen molar-refractivity contribution in [3.8, 4) is 5.75 Å². The van der Waals surface area contributed by atoms with Crippen LogP contribution in [-0.4, -0.2) is 38.4 Å². The Labute approximate surface area is 122 Å². The van der Waals surface area contributed by atoms with E-state index in [2.05, 4.69) is 14.8 Å². The lowest BCUT2D eigenvalue weighted by Gasteiger charge is -2.08. The molecule has 1 aromatic rings. The van der Waals surface area contributed by atoms with Crippen LogP contribution in [0.1, 0.15) is 6.92 Å². The van der Waals surface area contributed by atoms with E-state index in [0.717, 1.165) is 0 Å². The normalized spacial score (nSPS) is 9.70. The van der Waals surface area contributed by atoms with Gasteiger partial charge in [-0.05, 0) is 31.2 Å². The van der Waals surface area contributed by atoms with E-state index in [1.54, 1.807) is 31.2 Å². The maximum absolute atomic E-state index is 11.2. The molecule has 1 N–H and O–H groups in total. The molecule has 1 rings (SSSR count). The largest absolute Gasteiger partial charge is 0.492 e. The Bertz CT molecular complexity index is 435. The van der Waals surface area contributed by atoms with Crippen LogP contribution >= 0.6 is 11.6 Å². The molecular weight excluding hydrogens is 286 g/mol. The second kappa shape index (κ2) is 9.03. The number of rotatable bonds is 7. The Morgan fingerprint density at radius 2 is 1.90 bits per heavy atom. The number of alkyl carbamates (subject to hydrolysis) is 1. The molecule has 110 valence electrons. The van der Waals surface area contributed by atoms with E-state index < -0.39 is 18.7 Å². The van der Waals surface area contributed by atoms with Crippen LogP contribution in [0.4, 0.5) is 4.79 Å². The first-order valence-corrected chi connectivity index (χ1v) is 6.44. The molecule has 0 atom stereocenters. The molecule has 7 heteroatoms. The fourth-order valence-electron chi connectivity index (χ4n) is 1.23. The van der Waals surface area contributed by atoms with Gasteiger partial charge in [0.2, 0.25) is 0 Å². The van der Waals surface area contributed by atoms with E-state index >= 15 is 0 Å². The summed E-state index contributed by atoms with van der Waals surface area (Å²) in [7, 11) is 0. The highest BCUT2D eigenvalue weighted by molar-refractivity contribution is 6.30. The summed E-state index contributed by atoms with van der Waals surface area (Å²) in [6.07, 6.45) is -0.697. The average molecular weight is 302 g/mol. The number of hydrogen-bond acceptors (Lipinski definition) is 5. The maximum Gasteiger partial charge on any atom is 0.407 e. The molecule has 0 unspecified atom stereocenters. The topological polar surface area (TPSA) is 73.9 Å². The molecule has 0 aliphatic rings. The number of amides is 1. The second-order valence-electron chi connectivity index (χ2n) is 3.61. The molecule has 0 aromatic heterocycles. The Morgan fingerprint density at radius 1 is 1.20 bits per heavy atom. The third kappa shape index (κ3) is 6.84. The molecule has 1 aromatic carbocycles. The minimum Gasteiger partial charge on any atom is -0.492 e. The predicted molar refractivity (Wildman–Crippen MR) is 72.9 cm³/mol. The molecule has 1 amide bonds. The second-order valence-corrected chi connectivity index (χ2v) is 4.05. The van der Waals surface area contributed by atoms with Crippen molar-refractivity contribution in [3.63, 3.8) is 0 Å². The monoisotopic (exact) mass is 301 g/mol. The van der Waals surface area contributed by atoms with Crippen LogP contribution in [0, 0.1) is 0 Å². The zero-order valence-corrected chi connectivity index (χ0v) is 11.8. The zero-order valence-electron chi connectivity index (χ0n) is 11.1. The third-order valence-corrected chi connectivity index (χ3v) is 2.33. The van der Waals surface area contributed by atoms with Crippen molar-refractivity contribution < 1.29 is 23.8 Å². The molecule has 6 nitrogen and oxygen atoms in total. The van der Waals surface area contributed by atoms with Gasteiger partial charge in [-0.15, -0.1) is 0 Å². The molecule has 0 saturated carbocycles. The Balaban J connectivity index is 2.10. The van der Waals surface area contributed by atoms with Crippen LogP contribution in [0.3, 0.4) is 0 Å².